The monoisotopic (exact) mass is 526 g/mol. The van der Waals surface area contributed by atoms with Gasteiger partial charge in [-0.15, -0.1) is 0 Å². The van der Waals surface area contributed by atoms with E-state index >= 15 is 0 Å². The van der Waals surface area contributed by atoms with Crippen molar-refractivity contribution in [1.29, 1.82) is 0 Å². The summed E-state index contributed by atoms with van der Waals surface area (Å²) in [5.74, 6) is -0.469. The highest BCUT2D eigenvalue weighted by Gasteiger charge is 2.40. The zero-order chi connectivity index (χ0) is 26.6. The summed E-state index contributed by atoms with van der Waals surface area (Å²) in [6.45, 7) is 7.63. The maximum atomic E-state index is 13.2. The second-order valence-corrected chi connectivity index (χ2v) is 11.0. The highest BCUT2D eigenvalue weighted by atomic mass is 32.2. The normalized spacial score (nSPS) is 21.6. The van der Waals surface area contributed by atoms with Crippen LogP contribution in [0.1, 0.15) is 32.4 Å². The van der Waals surface area contributed by atoms with Crippen molar-refractivity contribution < 1.29 is 22.7 Å². The Morgan fingerprint density at radius 3 is 2.27 bits per heavy atom. The van der Waals surface area contributed by atoms with E-state index in [1.807, 2.05) is 44.2 Å². The van der Waals surface area contributed by atoms with E-state index in [1.54, 1.807) is 42.2 Å². The molecule has 2 amide bonds. The number of carbonyl (C=O) groups excluding carboxylic acids is 2. The minimum absolute atomic E-state index is 0.213. The molecular formula is C27H34N4O5S. The second kappa shape index (κ2) is 11.5. The number of amides is 2. The first-order valence-electron chi connectivity index (χ1n) is 12.6. The van der Waals surface area contributed by atoms with Crippen LogP contribution < -0.4 is 5.32 Å². The number of nitrogens with one attached hydrogen (secondary N) is 1. The first-order valence-corrected chi connectivity index (χ1v) is 14.0. The molecule has 10 heteroatoms. The van der Waals surface area contributed by atoms with Crippen LogP contribution in [0.2, 0.25) is 0 Å². The molecule has 0 bridgehead atoms. The number of benzene rings is 2. The van der Waals surface area contributed by atoms with E-state index < -0.39 is 22.0 Å². The number of carbonyl (C=O) groups is 2. The summed E-state index contributed by atoms with van der Waals surface area (Å²) in [7, 11) is -3.62. The summed E-state index contributed by atoms with van der Waals surface area (Å²) in [4.78, 5) is 30.3. The number of hydrogen-bond donors (Lipinski definition) is 1. The molecule has 1 N–H and O–H groups in total. The number of sulfonamides is 1. The van der Waals surface area contributed by atoms with E-state index in [0.29, 0.717) is 44.0 Å². The maximum Gasteiger partial charge on any atom is 0.338 e. The molecule has 198 valence electrons. The third kappa shape index (κ3) is 5.56. The van der Waals surface area contributed by atoms with Crippen molar-refractivity contribution in [2.45, 2.75) is 37.8 Å². The van der Waals surface area contributed by atoms with Gasteiger partial charge in [-0.3, -0.25) is 9.80 Å². The Balaban J connectivity index is 1.64. The van der Waals surface area contributed by atoms with Gasteiger partial charge in [0, 0.05) is 44.5 Å². The van der Waals surface area contributed by atoms with Crippen molar-refractivity contribution >= 4 is 22.0 Å². The smallest absolute Gasteiger partial charge is 0.338 e. The average Bonchev–Trinajstić information content (AvgIpc) is 2.89. The van der Waals surface area contributed by atoms with Crippen LogP contribution in [0.25, 0.3) is 0 Å². The van der Waals surface area contributed by atoms with E-state index in [2.05, 4.69) is 10.2 Å². The van der Waals surface area contributed by atoms with E-state index in [4.69, 9.17) is 4.74 Å². The van der Waals surface area contributed by atoms with E-state index in [0.717, 1.165) is 5.56 Å². The SMILES string of the molecule is CCOC(=O)C1=C(CN2CCN(S(=O)(=O)c3ccccc3)[C@H](C)C2)N(CC)C(=O)N[C@H]1c1ccccc1. The Morgan fingerprint density at radius 1 is 1.03 bits per heavy atom. The average molecular weight is 527 g/mol. The number of hydrogen-bond acceptors (Lipinski definition) is 6. The van der Waals surface area contributed by atoms with Crippen LogP contribution in [0.5, 0.6) is 0 Å². The number of ether oxygens (including phenoxy) is 1. The van der Waals surface area contributed by atoms with Crippen LogP contribution in [0.3, 0.4) is 0 Å². The number of urea groups is 1. The molecule has 0 saturated carbocycles. The molecule has 9 nitrogen and oxygen atoms in total. The fourth-order valence-electron chi connectivity index (χ4n) is 5.01. The zero-order valence-electron chi connectivity index (χ0n) is 21.5. The Labute approximate surface area is 218 Å². The lowest BCUT2D eigenvalue weighted by atomic mass is 9.94. The summed E-state index contributed by atoms with van der Waals surface area (Å²) in [6.07, 6.45) is 0. The standard InChI is InChI=1S/C27H34N4O5S/c1-4-30-23(24(26(32)36-5-2)25(28-27(30)33)21-12-8-6-9-13-21)19-29-16-17-31(20(3)18-29)37(34,35)22-14-10-7-11-15-22/h6-15,20,25H,4-5,16-19H2,1-3H3,(H,28,33)/t20-,25+/m1/s1. The lowest BCUT2D eigenvalue weighted by Crippen LogP contribution is -2.56. The van der Waals surface area contributed by atoms with Gasteiger partial charge in [0.05, 0.1) is 23.1 Å². The van der Waals surface area contributed by atoms with Crippen molar-refractivity contribution in [2.75, 3.05) is 39.3 Å². The molecule has 37 heavy (non-hydrogen) atoms. The third-order valence-corrected chi connectivity index (χ3v) is 8.78. The molecular weight excluding hydrogens is 492 g/mol. The van der Waals surface area contributed by atoms with E-state index in [-0.39, 0.29) is 23.6 Å². The van der Waals surface area contributed by atoms with Crippen LogP contribution in [0.4, 0.5) is 4.79 Å². The molecule has 0 aromatic heterocycles. The van der Waals surface area contributed by atoms with Gasteiger partial charge in [0.25, 0.3) is 0 Å². The Bertz CT molecular complexity index is 1250. The fraction of sp³-hybridized carbons (Fsp3) is 0.407. The van der Waals surface area contributed by atoms with Crippen molar-refractivity contribution in [2.24, 2.45) is 0 Å². The Morgan fingerprint density at radius 2 is 1.68 bits per heavy atom. The van der Waals surface area contributed by atoms with Gasteiger partial charge in [-0.2, -0.15) is 4.31 Å². The molecule has 1 saturated heterocycles. The van der Waals surface area contributed by atoms with Crippen molar-refractivity contribution in [1.82, 2.24) is 19.4 Å². The van der Waals surface area contributed by atoms with Crippen LogP contribution in [0.15, 0.2) is 76.8 Å². The Kier molecular flexibility index (Phi) is 8.31. The van der Waals surface area contributed by atoms with Crippen LogP contribution >= 0.6 is 0 Å². The molecule has 2 aromatic rings. The summed E-state index contributed by atoms with van der Waals surface area (Å²) in [6, 6.07) is 16.6. The molecule has 2 aromatic carbocycles. The minimum atomic E-state index is -3.62. The lowest BCUT2D eigenvalue weighted by Gasteiger charge is -2.42. The summed E-state index contributed by atoms with van der Waals surface area (Å²) < 4.78 is 33.4. The molecule has 4 rings (SSSR count). The number of piperazine rings is 1. The number of nitrogens with zero attached hydrogens (tertiary/aromatic N) is 3. The predicted octanol–water partition coefficient (Wildman–Crippen LogP) is 2.99. The highest BCUT2D eigenvalue weighted by molar-refractivity contribution is 7.89. The Hall–Kier alpha value is -3.21. The van der Waals surface area contributed by atoms with Gasteiger partial charge in [0.2, 0.25) is 10.0 Å². The summed E-state index contributed by atoms with van der Waals surface area (Å²) in [5.41, 5.74) is 1.78. The maximum absolute atomic E-state index is 13.2. The zero-order valence-corrected chi connectivity index (χ0v) is 22.3. The first kappa shape index (κ1) is 26.8. The molecule has 2 heterocycles. The van der Waals surface area contributed by atoms with Crippen molar-refractivity contribution in [3.63, 3.8) is 0 Å². The number of likely N-dealkylation sites (N-methyl/N-ethyl adjacent to an activating group) is 1. The highest BCUT2D eigenvalue weighted by Crippen LogP contribution is 2.32. The van der Waals surface area contributed by atoms with Crippen molar-refractivity contribution in [3.05, 3.63) is 77.5 Å². The van der Waals surface area contributed by atoms with Gasteiger partial charge in [0.15, 0.2) is 0 Å². The van der Waals surface area contributed by atoms with E-state index in [1.165, 1.54) is 4.31 Å². The molecule has 0 spiro atoms. The molecule has 2 atom stereocenters. The summed E-state index contributed by atoms with van der Waals surface area (Å²) >= 11 is 0. The van der Waals surface area contributed by atoms with Crippen LogP contribution in [0, 0.1) is 0 Å². The molecule has 2 aliphatic rings. The quantitative estimate of drug-likeness (QED) is 0.531. The molecule has 1 fully saturated rings. The van der Waals surface area contributed by atoms with Crippen LogP contribution in [-0.4, -0.2) is 79.9 Å². The molecule has 2 aliphatic heterocycles. The third-order valence-electron chi connectivity index (χ3n) is 6.76. The number of esters is 1. The fourth-order valence-corrected chi connectivity index (χ4v) is 6.64. The minimum Gasteiger partial charge on any atom is -0.463 e. The van der Waals surface area contributed by atoms with Gasteiger partial charge in [0.1, 0.15) is 0 Å². The predicted molar refractivity (Wildman–Crippen MR) is 140 cm³/mol. The summed E-state index contributed by atoms with van der Waals surface area (Å²) in [5, 5.41) is 2.97. The second-order valence-electron chi connectivity index (χ2n) is 9.13. The van der Waals surface area contributed by atoms with Crippen molar-refractivity contribution in [3.8, 4) is 0 Å². The van der Waals surface area contributed by atoms with Gasteiger partial charge >= 0.3 is 12.0 Å². The van der Waals surface area contributed by atoms with Gasteiger partial charge < -0.3 is 10.1 Å². The van der Waals surface area contributed by atoms with Gasteiger partial charge in [-0.1, -0.05) is 48.5 Å². The topological polar surface area (TPSA) is 99.3 Å². The largest absolute Gasteiger partial charge is 0.463 e. The first-order chi connectivity index (χ1) is 17.8. The van der Waals surface area contributed by atoms with Crippen LogP contribution in [-0.2, 0) is 19.6 Å². The molecule has 0 radical (unpaired) electrons. The number of rotatable bonds is 8. The van der Waals surface area contributed by atoms with E-state index in [9.17, 15) is 18.0 Å². The lowest BCUT2D eigenvalue weighted by molar-refractivity contribution is -0.139. The van der Waals surface area contributed by atoms with Gasteiger partial charge in [-0.25, -0.2) is 18.0 Å². The molecule has 0 unspecified atom stereocenters. The van der Waals surface area contributed by atoms with Gasteiger partial charge in [-0.05, 0) is 38.5 Å². The molecule has 0 aliphatic carbocycles.